The lowest BCUT2D eigenvalue weighted by Gasteiger charge is -2.06. The van der Waals surface area contributed by atoms with E-state index >= 15 is 0 Å². The summed E-state index contributed by atoms with van der Waals surface area (Å²) in [6, 6.07) is 6.35. The number of fused-ring (bicyclic) bond motifs is 1. The van der Waals surface area contributed by atoms with Gasteiger partial charge in [0.2, 0.25) is 5.95 Å². The van der Waals surface area contributed by atoms with Crippen molar-refractivity contribution in [3.05, 3.63) is 41.3 Å². The highest BCUT2D eigenvalue weighted by atomic mass is 32.1. The maximum absolute atomic E-state index is 14.3. The first-order chi connectivity index (χ1) is 11.1. The Morgan fingerprint density at radius 1 is 1.30 bits per heavy atom. The maximum atomic E-state index is 14.3. The lowest BCUT2D eigenvalue weighted by molar-refractivity contribution is 0.476. The molecule has 3 aromatic rings. The molecule has 114 valence electrons. The fourth-order valence-corrected chi connectivity index (χ4v) is 3.13. The lowest BCUT2D eigenvalue weighted by Crippen LogP contribution is -1.96. The van der Waals surface area contributed by atoms with Gasteiger partial charge in [0.15, 0.2) is 0 Å². The molecule has 0 bridgehead atoms. The number of hydrogen-bond acceptors (Lipinski definition) is 5. The number of aromatic hydroxyl groups is 1. The third-order valence-corrected chi connectivity index (χ3v) is 4.18. The van der Waals surface area contributed by atoms with E-state index in [9.17, 15) is 9.50 Å². The smallest absolute Gasteiger partial charge is 0.222 e. The molecule has 0 amide bonds. The minimum Gasteiger partial charge on any atom is -0.508 e. The predicted molar refractivity (Wildman–Crippen MR) is 91.9 cm³/mol. The van der Waals surface area contributed by atoms with Gasteiger partial charge < -0.3 is 10.4 Å². The summed E-state index contributed by atoms with van der Waals surface area (Å²) in [5, 5.41) is 13.4. The number of phenols is 1. The Bertz CT molecular complexity index is 956. The van der Waals surface area contributed by atoms with E-state index in [1.807, 2.05) is 0 Å². The van der Waals surface area contributed by atoms with Crippen molar-refractivity contribution < 1.29 is 9.50 Å². The Morgan fingerprint density at radius 3 is 2.83 bits per heavy atom. The largest absolute Gasteiger partial charge is 0.508 e. The van der Waals surface area contributed by atoms with Crippen LogP contribution in [-0.2, 0) is 0 Å². The number of halogens is 1. The zero-order chi connectivity index (χ0) is 16.4. The van der Waals surface area contributed by atoms with Gasteiger partial charge >= 0.3 is 0 Å². The van der Waals surface area contributed by atoms with E-state index in [1.54, 1.807) is 37.4 Å². The fraction of sp³-hybridized carbons (Fsp3) is 0.0588. The zero-order valence-electron chi connectivity index (χ0n) is 12.2. The molecule has 2 heterocycles. The number of benzene rings is 1. The Kier molecular flexibility index (Phi) is 3.96. The highest BCUT2D eigenvalue weighted by Crippen LogP contribution is 2.36. The Morgan fingerprint density at radius 2 is 2.13 bits per heavy atom. The van der Waals surface area contributed by atoms with Gasteiger partial charge in [0.1, 0.15) is 16.6 Å². The van der Waals surface area contributed by atoms with Crippen LogP contribution in [0, 0.1) is 18.3 Å². The van der Waals surface area contributed by atoms with E-state index in [0.29, 0.717) is 21.9 Å². The van der Waals surface area contributed by atoms with Crippen molar-refractivity contribution in [2.45, 2.75) is 0 Å². The minimum atomic E-state index is -0.627. The number of allylic oxidation sites excluding steroid dienone is 1. The van der Waals surface area contributed by atoms with Crippen molar-refractivity contribution in [2.75, 3.05) is 12.4 Å². The first-order valence-electron chi connectivity index (χ1n) is 6.73. The fourth-order valence-electron chi connectivity index (χ4n) is 2.20. The van der Waals surface area contributed by atoms with Gasteiger partial charge in [-0.15, -0.1) is 17.8 Å². The number of pyridine rings is 1. The minimum absolute atomic E-state index is 0.0423. The van der Waals surface area contributed by atoms with E-state index in [-0.39, 0.29) is 11.3 Å². The molecule has 0 spiro atoms. The molecule has 1 aromatic carbocycles. The number of anilines is 1. The van der Waals surface area contributed by atoms with Gasteiger partial charge in [-0.1, -0.05) is 5.92 Å². The molecule has 0 radical (unpaired) electrons. The van der Waals surface area contributed by atoms with Crippen molar-refractivity contribution in [3.63, 3.8) is 0 Å². The van der Waals surface area contributed by atoms with Crippen molar-refractivity contribution >= 4 is 33.4 Å². The summed E-state index contributed by atoms with van der Waals surface area (Å²) in [6.07, 6.45) is 8.44. The van der Waals surface area contributed by atoms with Gasteiger partial charge in [-0.05, 0) is 36.4 Å². The molecule has 0 aliphatic carbocycles. The number of thiazole rings is 1. The highest BCUT2D eigenvalue weighted by Gasteiger charge is 2.15. The highest BCUT2D eigenvalue weighted by molar-refractivity contribution is 7.19. The summed E-state index contributed by atoms with van der Waals surface area (Å²) in [5.41, 5.74) is 1.37. The van der Waals surface area contributed by atoms with Crippen LogP contribution in [0.5, 0.6) is 5.75 Å². The molecule has 0 aliphatic heterocycles. The van der Waals surface area contributed by atoms with Crippen LogP contribution < -0.4 is 5.32 Å². The number of aromatic nitrogens is 2. The number of nitrogens with one attached hydrogen (secondary N) is 1. The zero-order valence-corrected chi connectivity index (χ0v) is 13.0. The first-order valence-corrected chi connectivity index (χ1v) is 7.55. The monoisotopic (exact) mass is 324 g/mol. The average molecular weight is 324 g/mol. The molecular weight excluding hydrogens is 312 g/mol. The Balaban J connectivity index is 2.22. The molecule has 3 rings (SSSR count). The van der Waals surface area contributed by atoms with Crippen LogP contribution in [-0.4, -0.2) is 22.1 Å². The van der Waals surface area contributed by atoms with Gasteiger partial charge in [0.05, 0.1) is 10.2 Å². The molecule has 6 heteroatoms. The topological polar surface area (TPSA) is 58.0 Å². The molecule has 2 N–H and O–H groups in total. The van der Waals surface area contributed by atoms with Crippen LogP contribution in [0.2, 0.25) is 0 Å². The van der Waals surface area contributed by atoms with Crippen LogP contribution in [0.3, 0.4) is 0 Å². The lowest BCUT2D eigenvalue weighted by atomic mass is 10.1. The predicted octanol–water partition coefficient (Wildman–Crippen LogP) is 3.89. The summed E-state index contributed by atoms with van der Waals surface area (Å²) in [7, 11) is 1.67. The van der Waals surface area contributed by atoms with Crippen LogP contribution in [0.1, 0.15) is 5.01 Å². The van der Waals surface area contributed by atoms with Gasteiger partial charge in [-0.2, -0.15) is 4.39 Å². The summed E-state index contributed by atoms with van der Waals surface area (Å²) in [6.45, 7) is 0. The molecule has 4 nitrogen and oxygen atoms in total. The molecule has 23 heavy (non-hydrogen) atoms. The van der Waals surface area contributed by atoms with Gasteiger partial charge in [-0.25, -0.2) is 9.97 Å². The SMILES string of the molecule is C#CC=Cc1nc2c(-c3ccc(NC)nc3[18F])cc(O)cc2s1. The molecule has 0 atom stereocenters. The second-order valence-corrected chi connectivity index (χ2v) is 5.74. The van der Waals surface area contributed by atoms with Gasteiger partial charge in [-0.3, -0.25) is 0 Å². The van der Waals surface area contributed by atoms with E-state index in [2.05, 4.69) is 21.2 Å². The van der Waals surface area contributed by atoms with Crippen molar-refractivity contribution in [2.24, 2.45) is 0 Å². The summed E-state index contributed by atoms with van der Waals surface area (Å²) < 4.78 is 15.0. The molecule has 0 unspecified atom stereocenters. The maximum Gasteiger partial charge on any atom is 0.222 e. The van der Waals surface area contributed by atoms with Gasteiger partial charge in [0, 0.05) is 18.2 Å². The van der Waals surface area contributed by atoms with Crippen LogP contribution in [0.15, 0.2) is 30.3 Å². The Hall–Kier alpha value is -2.91. The van der Waals surface area contributed by atoms with Gasteiger partial charge in [0.25, 0.3) is 0 Å². The third kappa shape index (κ3) is 2.87. The standard InChI is InChI=1S/C17H12FN3OS/c1-3-4-5-15-21-16-12(8-10(22)9-13(16)23-15)11-6-7-14(19-2)20-17(11)18/h1,4-9,22H,2H3,(H,19,20)/i18-1. The number of nitrogens with zero attached hydrogens (tertiary/aromatic N) is 2. The Labute approximate surface area is 136 Å². The summed E-state index contributed by atoms with van der Waals surface area (Å²) >= 11 is 1.37. The van der Waals surface area contributed by atoms with Crippen molar-refractivity contribution in [1.29, 1.82) is 0 Å². The average Bonchev–Trinajstić information content (AvgIpc) is 2.94. The van der Waals surface area contributed by atoms with Crippen LogP contribution in [0.25, 0.3) is 27.4 Å². The molecule has 0 saturated heterocycles. The summed E-state index contributed by atoms with van der Waals surface area (Å²) in [4.78, 5) is 8.30. The molecule has 0 fully saturated rings. The van der Waals surface area contributed by atoms with E-state index < -0.39 is 5.95 Å². The molecule has 0 aliphatic rings. The quantitative estimate of drug-likeness (QED) is 0.567. The molecular formula is C17H12FN3OS. The number of rotatable bonds is 3. The van der Waals surface area contributed by atoms with E-state index in [1.165, 1.54) is 17.4 Å². The van der Waals surface area contributed by atoms with E-state index in [4.69, 9.17) is 6.42 Å². The number of phenolic OH excluding ortho intramolecular Hbond substituents is 1. The second kappa shape index (κ2) is 6.07. The molecule has 2 aromatic heterocycles. The summed E-state index contributed by atoms with van der Waals surface area (Å²) in [5.74, 6) is 2.24. The van der Waals surface area contributed by atoms with Crippen molar-refractivity contribution in [3.8, 4) is 29.2 Å². The van der Waals surface area contributed by atoms with E-state index in [0.717, 1.165) is 4.70 Å². The van der Waals surface area contributed by atoms with Crippen molar-refractivity contribution in [1.82, 2.24) is 9.97 Å². The van der Waals surface area contributed by atoms with Crippen LogP contribution in [0.4, 0.5) is 10.2 Å². The normalized spacial score (nSPS) is 11.0. The van der Waals surface area contributed by atoms with Crippen LogP contribution >= 0.6 is 11.3 Å². The number of terminal acetylenes is 1. The first kappa shape index (κ1) is 15.0. The second-order valence-electron chi connectivity index (χ2n) is 4.68. The number of hydrogen-bond donors (Lipinski definition) is 2. The third-order valence-electron chi connectivity index (χ3n) is 3.21. The molecule has 0 saturated carbocycles.